The van der Waals surface area contributed by atoms with Crippen molar-refractivity contribution in [2.45, 2.75) is 39.2 Å². The molecule has 2 rings (SSSR count). The van der Waals surface area contributed by atoms with Crippen LogP contribution in [0.15, 0.2) is 12.3 Å². The molecule has 20 heavy (non-hydrogen) atoms. The van der Waals surface area contributed by atoms with E-state index in [-0.39, 0.29) is 17.6 Å². The van der Waals surface area contributed by atoms with Crippen LogP contribution in [0.2, 0.25) is 0 Å². The predicted octanol–water partition coefficient (Wildman–Crippen LogP) is 2.69. The Hall–Kier alpha value is -0.550. The molecule has 1 fully saturated rings. The summed E-state index contributed by atoms with van der Waals surface area (Å²) in [6.45, 7) is 4.27. The van der Waals surface area contributed by atoms with Crippen LogP contribution >= 0.6 is 11.6 Å². The topological polar surface area (TPSA) is 52.0 Å². The van der Waals surface area contributed by atoms with E-state index >= 15 is 0 Å². The first-order valence-electron chi connectivity index (χ1n) is 7.25. The second-order valence-electron chi connectivity index (χ2n) is 5.83. The maximum absolute atomic E-state index is 11.6. The molecule has 1 aromatic rings. The third-order valence-electron chi connectivity index (χ3n) is 4.31. The van der Waals surface area contributed by atoms with E-state index in [2.05, 4.69) is 18.9 Å². The molecule has 6 heteroatoms. The van der Waals surface area contributed by atoms with Gasteiger partial charge in [-0.3, -0.25) is 4.68 Å². The molecule has 1 aliphatic heterocycles. The van der Waals surface area contributed by atoms with Crippen molar-refractivity contribution in [3.8, 4) is 0 Å². The Balaban J connectivity index is 2.02. The lowest BCUT2D eigenvalue weighted by atomic mass is 9.89. The highest BCUT2D eigenvalue weighted by atomic mass is 35.5. The Morgan fingerprint density at radius 2 is 2.30 bits per heavy atom. The van der Waals surface area contributed by atoms with Crippen LogP contribution in [0.25, 0.3) is 0 Å². The van der Waals surface area contributed by atoms with Crippen molar-refractivity contribution < 1.29 is 8.42 Å². The van der Waals surface area contributed by atoms with Crippen molar-refractivity contribution in [3.05, 3.63) is 18.0 Å². The lowest BCUT2D eigenvalue weighted by Gasteiger charge is -2.18. The zero-order valence-electron chi connectivity index (χ0n) is 12.1. The fourth-order valence-corrected chi connectivity index (χ4v) is 5.01. The van der Waals surface area contributed by atoms with Gasteiger partial charge in [0.25, 0.3) is 0 Å². The number of sulfone groups is 1. The SMILES string of the molecule is CCC(C)n1ccc(CC(CCl)C2CCS(=O)(=O)C2)n1. The minimum absolute atomic E-state index is 0.186. The summed E-state index contributed by atoms with van der Waals surface area (Å²) < 4.78 is 25.1. The molecule has 0 aromatic carbocycles. The first-order valence-corrected chi connectivity index (χ1v) is 9.61. The molecule has 3 atom stereocenters. The van der Waals surface area contributed by atoms with Gasteiger partial charge in [0.15, 0.2) is 9.84 Å². The first kappa shape index (κ1) is 15.8. The van der Waals surface area contributed by atoms with Crippen LogP contribution in [0.5, 0.6) is 0 Å². The molecule has 0 N–H and O–H groups in total. The van der Waals surface area contributed by atoms with E-state index < -0.39 is 9.84 Å². The van der Waals surface area contributed by atoms with Gasteiger partial charge in [0.2, 0.25) is 0 Å². The summed E-state index contributed by atoms with van der Waals surface area (Å²) in [5.74, 6) is 1.49. The van der Waals surface area contributed by atoms with Gasteiger partial charge in [-0.1, -0.05) is 6.92 Å². The van der Waals surface area contributed by atoms with E-state index in [0.717, 1.165) is 25.0 Å². The van der Waals surface area contributed by atoms with E-state index in [0.29, 0.717) is 17.7 Å². The molecule has 0 radical (unpaired) electrons. The van der Waals surface area contributed by atoms with Crippen LogP contribution in [0, 0.1) is 11.8 Å². The van der Waals surface area contributed by atoms with Gasteiger partial charge in [0.1, 0.15) is 0 Å². The molecule has 1 saturated heterocycles. The third-order valence-corrected chi connectivity index (χ3v) is 6.50. The lowest BCUT2D eigenvalue weighted by Crippen LogP contribution is -2.20. The van der Waals surface area contributed by atoms with Gasteiger partial charge in [-0.25, -0.2) is 8.42 Å². The molecule has 3 unspecified atom stereocenters. The molecule has 1 aromatic heterocycles. The van der Waals surface area contributed by atoms with Gasteiger partial charge in [0.05, 0.1) is 17.2 Å². The molecule has 4 nitrogen and oxygen atoms in total. The van der Waals surface area contributed by atoms with Gasteiger partial charge < -0.3 is 0 Å². The third kappa shape index (κ3) is 3.76. The van der Waals surface area contributed by atoms with E-state index in [9.17, 15) is 8.42 Å². The second-order valence-corrected chi connectivity index (χ2v) is 8.36. The molecular formula is C14H23ClN2O2S. The van der Waals surface area contributed by atoms with Gasteiger partial charge >= 0.3 is 0 Å². The van der Waals surface area contributed by atoms with Gasteiger partial charge in [-0.05, 0) is 44.1 Å². The Kier molecular flexibility index (Phi) is 5.13. The number of hydrogen-bond acceptors (Lipinski definition) is 3. The first-order chi connectivity index (χ1) is 9.45. The van der Waals surface area contributed by atoms with Crippen molar-refractivity contribution in [2.75, 3.05) is 17.4 Å². The lowest BCUT2D eigenvalue weighted by molar-refractivity contribution is 0.390. The number of hydrogen-bond donors (Lipinski definition) is 0. The summed E-state index contributed by atoms with van der Waals surface area (Å²) in [5, 5.41) is 4.59. The molecular weight excluding hydrogens is 296 g/mol. The summed E-state index contributed by atoms with van der Waals surface area (Å²) in [6.07, 6.45) is 4.56. The summed E-state index contributed by atoms with van der Waals surface area (Å²) in [7, 11) is -2.84. The predicted molar refractivity (Wildman–Crippen MR) is 81.9 cm³/mol. The average Bonchev–Trinajstić information content (AvgIpc) is 3.01. The standard InChI is InChI=1S/C14H23ClN2O2S/c1-3-11(2)17-6-4-14(16-17)8-13(9-15)12-5-7-20(18,19)10-12/h4,6,11-13H,3,5,7-10H2,1-2H3. The Bertz CT molecular complexity index is 541. The largest absolute Gasteiger partial charge is 0.270 e. The van der Waals surface area contributed by atoms with Gasteiger partial charge in [-0.15, -0.1) is 11.6 Å². The van der Waals surface area contributed by atoms with E-state index in [1.165, 1.54) is 0 Å². The molecule has 0 saturated carbocycles. The number of alkyl halides is 1. The van der Waals surface area contributed by atoms with Crippen molar-refractivity contribution in [2.24, 2.45) is 11.8 Å². The molecule has 0 spiro atoms. The Morgan fingerprint density at radius 1 is 1.55 bits per heavy atom. The van der Waals surface area contributed by atoms with Crippen LogP contribution in [0.4, 0.5) is 0 Å². The number of rotatable bonds is 6. The maximum atomic E-state index is 11.6. The number of nitrogens with zero attached hydrogens (tertiary/aromatic N) is 2. The van der Waals surface area contributed by atoms with E-state index in [1.54, 1.807) is 0 Å². The van der Waals surface area contributed by atoms with Crippen molar-refractivity contribution in [3.63, 3.8) is 0 Å². The minimum atomic E-state index is -2.84. The quantitative estimate of drug-likeness (QED) is 0.758. The summed E-state index contributed by atoms with van der Waals surface area (Å²) in [4.78, 5) is 0. The highest BCUT2D eigenvalue weighted by Gasteiger charge is 2.33. The zero-order valence-corrected chi connectivity index (χ0v) is 13.7. The molecule has 0 bridgehead atoms. The van der Waals surface area contributed by atoms with Gasteiger partial charge in [-0.2, -0.15) is 5.10 Å². The molecule has 1 aliphatic rings. The van der Waals surface area contributed by atoms with Crippen LogP contribution in [-0.4, -0.2) is 35.6 Å². The van der Waals surface area contributed by atoms with Gasteiger partial charge in [0, 0.05) is 18.1 Å². The monoisotopic (exact) mass is 318 g/mol. The van der Waals surface area contributed by atoms with Crippen LogP contribution in [0.3, 0.4) is 0 Å². The average molecular weight is 319 g/mol. The number of aromatic nitrogens is 2. The minimum Gasteiger partial charge on any atom is -0.270 e. The van der Waals surface area contributed by atoms with Crippen LogP contribution < -0.4 is 0 Å². The summed E-state index contributed by atoms with van der Waals surface area (Å²) >= 11 is 6.06. The van der Waals surface area contributed by atoms with Crippen molar-refractivity contribution in [1.29, 1.82) is 0 Å². The highest BCUT2D eigenvalue weighted by molar-refractivity contribution is 7.91. The van der Waals surface area contributed by atoms with E-state index in [1.807, 2.05) is 16.9 Å². The normalized spacial score (nSPS) is 24.6. The van der Waals surface area contributed by atoms with Crippen LogP contribution in [0.1, 0.15) is 38.4 Å². The van der Waals surface area contributed by atoms with Crippen molar-refractivity contribution in [1.82, 2.24) is 9.78 Å². The molecule has 2 heterocycles. The van der Waals surface area contributed by atoms with Crippen molar-refractivity contribution >= 4 is 21.4 Å². The second kappa shape index (κ2) is 6.48. The fraction of sp³-hybridized carbons (Fsp3) is 0.786. The molecule has 0 aliphatic carbocycles. The summed E-state index contributed by atoms with van der Waals surface area (Å²) in [6, 6.07) is 2.42. The molecule has 114 valence electrons. The fourth-order valence-electron chi connectivity index (χ4n) is 2.73. The Labute approximate surface area is 126 Å². The maximum Gasteiger partial charge on any atom is 0.150 e. The highest BCUT2D eigenvalue weighted by Crippen LogP contribution is 2.29. The zero-order chi connectivity index (χ0) is 14.8. The Morgan fingerprint density at radius 3 is 2.85 bits per heavy atom. The smallest absolute Gasteiger partial charge is 0.150 e. The molecule has 0 amide bonds. The summed E-state index contributed by atoms with van der Waals surface area (Å²) in [5.41, 5.74) is 1.01. The number of halogens is 1. The van der Waals surface area contributed by atoms with E-state index in [4.69, 9.17) is 11.6 Å². The van der Waals surface area contributed by atoms with Crippen LogP contribution in [-0.2, 0) is 16.3 Å².